The van der Waals surface area contributed by atoms with Crippen LogP contribution in [0.4, 0.5) is 0 Å². The number of aryl methyl sites for hydroxylation is 3. The van der Waals surface area contributed by atoms with Crippen molar-refractivity contribution in [2.75, 3.05) is 0 Å². The Morgan fingerprint density at radius 1 is 1.39 bits per heavy atom. The predicted octanol–water partition coefficient (Wildman–Crippen LogP) is 1.93. The minimum Gasteiger partial charge on any atom is -0.324 e. The van der Waals surface area contributed by atoms with E-state index in [1.165, 1.54) is 5.69 Å². The second-order valence-electron chi connectivity index (χ2n) is 4.65. The minimum absolute atomic E-state index is 0.0294. The maximum Gasteiger partial charge on any atom is 0.0624 e. The van der Waals surface area contributed by atoms with Gasteiger partial charge in [-0.05, 0) is 31.0 Å². The highest BCUT2D eigenvalue weighted by atomic mass is 15.3. The third-order valence-corrected chi connectivity index (χ3v) is 3.18. The fourth-order valence-corrected chi connectivity index (χ4v) is 1.98. The molecule has 96 valence electrons. The van der Waals surface area contributed by atoms with Crippen molar-refractivity contribution in [2.24, 2.45) is 12.8 Å². The molecule has 2 rings (SSSR count). The summed E-state index contributed by atoms with van der Waals surface area (Å²) in [7, 11) is 1.97. The minimum atomic E-state index is -0.0294. The first-order valence-electron chi connectivity index (χ1n) is 6.30. The molecule has 4 nitrogen and oxygen atoms in total. The van der Waals surface area contributed by atoms with Crippen molar-refractivity contribution in [3.8, 4) is 0 Å². The van der Waals surface area contributed by atoms with E-state index in [-0.39, 0.29) is 6.04 Å². The van der Waals surface area contributed by atoms with E-state index in [2.05, 4.69) is 23.1 Å². The lowest BCUT2D eigenvalue weighted by Crippen LogP contribution is -2.15. The van der Waals surface area contributed by atoms with Crippen LogP contribution in [0.3, 0.4) is 0 Å². The van der Waals surface area contributed by atoms with Gasteiger partial charge in [0.15, 0.2) is 0 Å². The summed E-state index contributed by atoms with van der Waals surface area (Å²) in [6.45, 7) is 4.08. The summed E-state index contributed by atoms with van der Waals surface area (Å²) >= 11 is 0. The Kier molecular flexibility index (Phi) is 3.77. The normalized spacial score (nSPS) is 12.7. The zero-order valence-electron chi connectivity index (χ0n) is 11.2. The molecule has 1 atom stereocenters. The van der Waals surface area contributed by atoms with Gasteiger partial charge in [0.2, 0.25) is 0 Å². The molecule has 2 aromatic rings. The number of hydrogen-bond acceptors (Lipinski definition) is 3. The molecule has 0 amide bonds. The molecule has 0 spiro atoms. The van der Waals surface area contributed by atoms with Crippen LogP contribution in [0.25, 0.3) is 0 Å². The van der Waals surface area contributed by atoms with Gasteiger partial charge in [-0.25, -0.2) is 0 Å². The van der Waals surface area contributed by atoms with Crippen LogP contribution in [0.15, 0.2) is 24.4 Å². The molecule has 4 heteroatoms. The van der Waals surface area contributed by atoms with Crippen molar-refractivity contribution in [3.63, 3.8) is 0 Å². The Hall–Kier alpha value is -1.68. The Balaban J connectivity index is 2.13. The van der Waals surface area contributed by atoms with Gasteiger partial charge in [-0.2, -0.15) is 5.10 Å². The summed E-state index contributed by atoms with van der Waals surface area (Å²) in [5.74, 6) is 0. The maximum atomic E-state index is 6.22. The Labute approximate surface area is 108 Å². The highest BCUT2D eigenvalue weighted by Gasteiger charge is 2.11. The van der Waals surface area contributed by atoms with Crippen LogP contribution in [-0.2, 0) is 19.9 Å². The van der Waals surface area contributed by atoms with E-state index >= 15 is 0 Å². The number of hydrogen-bond donors (Lipinski definition) is 1. The zero-order chi connectivity index (χ0) is 13.1. The fraction of sp³-hybridized carbons (Fsp3) is 0.429. The van der Waals surface area contributed by atoms with Crippen molar-refractivity contribution in [3.05, 3.63) is 47.0 Å². The van der Waals surface area contributed by atoms with E-state index in [9.17, 15) is 0 Å². The second-order valence-corrected chi connectivity index (χ2v) is 4.65. The van der Waals surface area contributed by atoms with Gasteiger partial charge in [-0.15, -0.1) is 0 Å². The third kappa shape index (κ3) is 2.76. The summed E-state index contributed by atoms with van der Waals surface area (Å²) in [6, 6.07) is 6.14. The van der Waals surface area contributed by atoms with Gasteiger partial charge in [-0.1, -0.05) is 13.0 Å². The first-order chi connectivity index (χ1) is 8.60. The van der Waals surface area contributed by atoms with E-state index in [4.69, 9.17) is 5.73 Å². The molecule has 18 heavy (non-hydrogen) atoms. The highest BCUT2D eigenvalue weighted by Crippen LogP contribution is 2.16. The van der Waals surface area contributed by atoms with Gasteiger partial charge in [0, 0.05) is 37.1 Å². The quantitative estimate of drug-likeness (QED) is 0.894. The predicted molar refractivity (Wildman–Crippen MR) is 72.2 cm³/mol. The first kappa shape index (κ1) is 12.8. The van der Waals surface area contributed by atoms with E-state index in [1.807, 2.05) is 37.0 Å². The lowest BCUT2D eigenvalue weighted by molar-refractivity contribution is 0.636. The molecular formula is C14H20N4. The van der Waals surface area contributed by atoms with Crippen LogP contribution >= 0.6 is 0 Å². The topological polar surface area (TPSA) is 56.7 Å². The summed E-state index contributed by atoms with van der Waals surface area (Å²) < 4.78 is 1.92. The summed E-state index contributed by atoms with van der Waals surface area (Å²) in [5, 5.41) is 4.44. The van der Waals surface area contributed by atoms with E-state index in [0.29, 0.717) is 0 Å². The van der Waals surface area contributed by atoms with E-state index < -0.39 is 0 Å². The van der Waals surface area contributed by atoms with Crippen LogP contribution in [0.1, 0.15) is 35.6 Å². The number of nitrogens with two attached hydrogens (primary N) is 1. The lowest BCUT2D eigenvalue weighted by atomic mass is 10.0. The summed E-state index contributed by atoms with van der Waals surface area (Å²) in [4.78, 5) is 4.28. The van der Waals surface area contributed by atoms with Crippen LogP contribution in [0.5, 0.6) is 0 Å². The van der Waals surface area contributed by atoms with Crippen molar-refractivity contribution >= 4 is 0 Å². The van der Waals surface area contributed by atoms with Gasteiger partial charge in [0.05, 0.1) is 5.69 Å². The molecule has 0 saturated heterocycles. The van der Waals surface area contributed by atoms with Crippen LogP contribution < -0.4 is 5.73 Å². The molecule has 0 aliphatic carbocycles. The molecule has 0 fully saturated rings. The molecule has 0 aromatic carbocycles. The number of rotatable bonds is 4. The largest absolute Gasteiger partial charge is 0.324 e. The standard InChI is InChI=1S/C14H20N4/c1-4-12-7-13(18(3)17-12)8-14(15)11-6-5-10(2)16-9-11/h5-7,9,14H,4,8,15H2,1-3H3. The molecule has 1 unspecified atom stereocenters. The molecule has 2 heterocycles. The van der Waals surface area contributed by atoms with Crippen molar-refractivity contribution in [1.29, 1.82) is 0 Å². The monoisotopic (exact) mass is 244 g/mol. The average Bonchev–Trinajstić information content (AvgIpc) is 2.71. The molecule has 2 aromatic heterocycles. The highest BCUT2D eigenvalue weighted by molar-refractivity contribution is 5.20. The third-order valence-electron chi connectivity index (χ3n) is 3.18. The molecule has 0 bridgehead atoms. The average molecular weight is 244 g/mol. The first-order valence-corrected chi connectivity index (χ1v) is 6.30. The smallest absolute Gasteiger partial charge is 0.0624 e. The molecule has 0 saturated carbocycles. The van der Waals surface area contributed by atoms with Gasteiger partial charge in [0.1, 0.15) is 0 Å². The van der Waals surface area contributed by atoms with E-state index in [0.717, 1.165) is 29.8 Å². The molecule has 0 radical (unpaired) electrons. The Bertz CT molecular complexity index is 513. The number of nitrogens with zero attached hydrogens (tertiary/aromatic N) is 3. The molecular weight excluding hydrogens is 224 g/mol. The van der Waals surface area contributed by atoms with Crippen LogP contribution in [0, 0.1) is 6.92 Å². The van der Waals surface area contributed by atoms with Crippen molar-refractivity contribution in [2.45, 2.75) is 32.7 Å². The van der Waals surface area contributed by atoms with Crippen molar-refractivity contribution in [1.82, 2.24) is 14.8 Å². The molecule has 0 aliphatic rings. The van der Waals surface area contributed by atoms with Gasteiger partial charge in [0.25, 0.3) is 0 Å². The van der Waals surface area contributed by atoms with Crippen LogP contribution in [-0.4, -0.2) is 14.8 Å². The SMILES string of the molecule is CCc1cc(CC(N)c2ccc(C)nc2)n(C)n1. The summed E-state index contributed by atoms with van der Waals surface area (Å²) in [5.41, 5.74) is 10.6. The Morgan fingerprint density at radius 2 is 2.17 bits per heavy atom. The number of pyridine rings is 1. The number of aromatic nitrogens is 3. The lowest BCUT2D eigenvalue weighted by Gasteiger charge is -2.11. The summed E-state index contributed by atoms with van der Waals surface area (Å²) in [6.07, 6.45) is 3.60. The Morgan fingerprint density at radius 3 is 2.72 bits per heavy atom. The molecule has 2 N–H and O–H groups in total. The molecule has 0 aliphatic heterocycles. The maximum absolute atomic E-state index is 6.22. The fourth-order valence-electron chi connectivity index (χ4n) is 1.98. The van der Waals surface area contributed by atoms with Gasteiger partial charge >= 0.3 is 0 Å². The van der Waals surface area contributed by atoms with Crippen LogP contribution in [0.2, 0.25) is 0 Å². The second kappa shape index (κ2) is 5.31. The van der Waals surface area contributed by atoms with E-state index in [1.54, 1.807) is 0 Å². The van der Waals surface area contributed by atoms with Gasteiger partial charge < -0.3 is 5.73 Å². The van der Waals surface area contributed by atoms with Gasteiger partial charge in [-0.3, -0.25) is 9.67 Å². The zero-order valence-corrected chi connectivity index (χ0v) is 11.2. The van der Waals surface area contributed by atoms with Crippen molar-refractivity contribution < 1.29 is 0 Å².